The summed E-state index contributed by atoms with van der Waals surface area (Å²) in [6, 6.07) is 10.1. The summed E-state index contributed by atoms with van der Waals surface area (Å²) in [5, 5.41) is 10.8. The van der Waals surface area contributed by atoms with Crippen LogP contribution in [0.15, 0.2) is 42.9 Å². The number of rotatable bonds is 6. The van der Waals surface area contributed by atoms with Crippen LogP contribution in [0.5, 0.6) is 0 Å². The molecular formula is C19H19ClN6O. The predicted octanol–water partition coefficient (Wildman–Crippen LogP) is 3.84. The van der Waals surface area contributed by atoms with Crippen molar-refractivity contribution in [1.82, 2.24) is 19.7 Å². The molecular weight excluding hydrogens is 364 g/mol. The molecule has 0 atom stereocenters. The number of hydrogen-bond donors (Lipinski definition) is 2. The standard InChI is InChI=1S/C19H19ClN6O/c1-2-26-17(14(20)10-23-26)19(27)25-16-15(12-6-4-3-5-7-12)21-11-22-18(16)24-13-8-9-13/h3-7,10-11,13H,2,8-9H2,1H3,(H,25,27)(H,21,22,24). The first-order valence-electron chi connectivity index (χ1n) is 8.87. The fourth-order valence-corrected chi connectivity index (χ4v) is 3.08. The Morgan fingerprint density at radius 1 is 1.26 bits per heavy atom. The summed E-state index contributed by atoms with van der Waals surface area (Å²) < 4.78 is 1.57. The third-order valence-corrected chi connectivity index (χ3v) is 4.64. The molecule has 2 N–H and O–H groups in total. The highest BCUT2D eigenvalue weighted by atomic mass is 35.5. The van der Waals surface area contributed by atoms with Crippen molar-refractivity contribution in [3.05, 3.63) is 53.6 Å². The van der Waals surface area contributed by atoms with Crippen LogP contribution >= 0.6 is 11.6 Å². The van der Waals surface area contributed by atoms with E-state index in [0.29, 0.717) is 40.5 Å². The van der Waals surface area contributed by atoms with E-state index in [1.165, 1.54) is 12.5 Å². The SMILES string of the molecule is CCn1ncc(Cl)c1C(=O)Nc1c(NC2CC2)ncnc1-c1ccccc1. The van der Waals surface area contributed by atoms with E-state index in [1.807, 2.05) is 37.3 Å². The molecule has 1 aliphatic rings. The van der Waals surface area contributed by atoms with Crippen molar-refractivity contribution >= 4 is 29.0 Å². The number of halogens is 1. The monoisotopic (exact) mass is 382 g/mol. The lowest BCUT2D eigenvalue weighted by molar-refractivity contribution is 0.101. The van der Waals surface area contributed by atoms with Crippen LogP contribution in [0.25, 0.3) is 11.3 Å². The van der Waals surface area contributed by atoms with Gasteiger partial charge in [-0.2, -0.15) is 5.10 Å². The van der Waals surface area contributed by atoms with Gasteiger partial charge in [0.05, 0.1) is 16.9 Å². The van der Waals surface area contributed by atoms with Gasteiger partial charge >= 0.3 is 0 Å². The minimum absolute atomic E-state index is 0.309. The van der Waals surface area contributed by atoms with Crippen molar-refractivity contribution in [1.29, 1.82) is 0 Å². The molecule has 0 aliphatic heterocycles. The number of carbonyl (C=O) groups is 1. The van der Waals surface area contributed by atoms with Crippen molar-refractivity contribution in [2.24, 2.45) is 0 Å². The van der Waals surface area contributed by atoms with Gasteiger partial charge in [0.2, 0.25) is 0 Å². The molecule has 3 aromatic rings. The number of benzene rings is 1. The highest BCUT2D eigenvalue weighted by Gasteiger charge is 2.26. The predicted molar refractivity (Wildman–Crippen MR) is 105 cm³/mol. The van der Waals surface area contributed by atoms with E-state index in [9.17, 15) is 4.79 Å². The van der Waals surface area contributed by atoms with Crippen molar-refractivity contribution in [3.8, 4) is 11.3 Å². The fraction of sp³-hybridized carbons (Fsp3) is 0.263. The van der Waals surface area contributed by atoms with Gasteiger partial charge in [0, 0.05) is 18.2 Å². The van der Waals surface area contributed by atoms with Gasteiger partial charge in [-0.3, -0.25) is 9.48 Å². The number of hydrogen-bond acceptors (Lipinski definition) is 5. The topological polar surface area (TPSA) is 84.7 Å². The number of nitrogens with one attached hydrogen (secondary N) is 2. The lowest BCUT2D eigenvalue weighted by Crippen LogP contribution is -2.20. The molecule has 0 saturated heterocycles. The van der Waals surface area contributed by atoms with Gasteiger partial charge in [0.15, 0.2) is 5.82 Å². The minimum atomic E-state index is -0.342. The lowest BCUT2D eigenvalue weighted by atomic mass is 10.1. The maximum Gasteiger partial charge on any atom is 0.275 e. The lowest BCUT2D eigenvalue weighted by Gasteiger charge is -2.16. The quantitative estimate of drug-likeness (QED) is 0.676. The molecule has 1 amide bonds. The number of amides is 1. The molecule has 0 spiro atoms. The van der Waals surface area contributed by atoms with E-state index in [4.69, 9.17) is 11.6 Å². The zero-order valence-electron chi connectivity index (χ0n) is 14.8. The summed E-state index contributed by atoms with van der Waals surface area (Å²) in [7, 11) is 0. The molecule has 0 unspecified atom stereocenters. The van der Waals surface area contributed by atoms with Crippen LogP contribution in [0.1, 0.15) is 30.3 Å². The first kappa shape index (κ1) is 17.5. The average molecular weight is 383 g/mol. The Labute approximate surface area is 161 Å². The second-order valence-electron chi connectivity index (χ2n) is 6.34. The van der Waals surface area contributed by atoms with Gasteiger partial charge in [-0.1, -0.05) is 41.9 Å². The van der Waals surface area contributed by atoms with E-state index in [1.54, 1.807) is 4.68 Å². The van der Waals surface area contributed by atoms with Gasteiger partial charge in [0.1, 0.15) is 17.7 Å². The highest BCUT2D eigenvalue weighted by molar-refractivity contribution is 6.34. The minimum Gasteiger partial charge on any atom is -0.365 e. The van der Waals surface area contributed by atoms with Crippen LogP contribution in [-0.2, 0) is 6.54 Å². The van der Waals surface area contributed by atoms with Crippen LogP contribution < -0.4 is 10.6 Å². The summed E-state index contributed by atoms with van der Waals surface area (Å²) in [5.74, 6) is 0.267. The Hall–Kier alpha value is -2.93. The molecule has 1 saturated carbocycles. The first-order chi connectivity index (χ1) is 13.2. The number of aryl methyl sites for hydroxylation is 1. The van der Waals surface area contributed by atoms with Gasteiger partial charge in [-0.05, 0) is 19.8 Å². The number of aromatic nitrogens is 4. The van der Waals surface area contributed by atoms with E-state index in [-0.39, 0.29) is 5.91 Å². The molecule has 0 bridgehead atoms. The molecule has 4 rings (SSSR count). The molecule has 1 aromatic carbocycles. The third-order valence-electron chi connectivity index (χ3n) is 4.36. The first-order valence-corrected chi connectivity index (χ1v) is 9.24. The van der Waals surface area contributed by atoms with Crippen molar-refractivity contribution in [2.45, 2.75) is 32.4 Å². The molecule has 8 heteroatoms. The largest absolute Gasteiger partial charge is 0.365 e. The van der Waals surface area contributed by atoms with Crippen molar-refractivity contribution in [3.63, 3.8) is 0 Å². The third kappa shape index (κ3) is 3.64. The molecule has 138 valence electrons. The number of carbonyl (C=O) groups excluding carboxylic acids is 1. The maximum atomic E-state index is 13.0. The zero-order chi connectivity index (χ0) is 18.8. The highest BCUT2D eigenvalue weighted by Crippen LogP contribution is 2.34. The summed E-state index contributed by atoms with van der Waals surface area (Å²) in [6.45, 7) is 2.45. The molecule has 1 fully saturated rings. The zero-order valence-corrected chi connectivity index (χ0v) is 15.6. The molecule has 1 aliphatic carbocycles. The van der Waals surface area contributed by atoms with Gasteiger partial charge in [-0.15, -0.1) is 0 Å². The molecule has 2 aromatic heterocycles. The van der Waals surface area contributed by atoms with E-state index in [2.05, 4.69) is 25.7 Å². The molecule has 2 heterocycles. The second kappa shape index (κ2) is 7.36. The Morgan fingerprint density at radius 3 is 2.74 bits per heavy atom. The van der Waals surface area contributed by atoms with Crippen LogP contribution in [-0.4, -0.2) is 31.7 Å². The van der Waals surface area contributed by atoms with Crippen molar-refractivity contribution in [2.75, 3.05) is 10.6 Å². The van der Waals surface area contributed by atoms with Crippen LogP contribution in [0.4, 0.5) is 11.5 Å². The molecule has 27 heavy (non-hydrogen) atoms. The van der Waals surface area contributed by atoms with E-state index < -0.39 is 0 Å². The average Bonchev–Trinajstić information content (AvgIpc) is 3.42. The van der Waals surface area contributed by atoms with Crippen LogP contribution in [0, 0.1) is 0 Å². The Morgan fingerprint density at radius 2 is 2.04 bits per heavy atom. The Bertz CT molecular complexity index is 968. The Kier molecular flexibility index (Phi) is 4.77. The van der Waals surface area contributed by atoms with Gasteiger partial charge in [0.25, 0.3) is 5.91 Å². The fourth-order valence-electron chi connectivity index (χ4n) is 2.85. The van der Waals surface area contributed by atoms with Crippen LogP contribution in [0.3, 0.4) is 0 Å². The summed E-state index contributed by atoms with van der Waals surface area (Å²) >= 11 is 6.18. The van der Waals surface area contributed by atoms with E-state index >= 15 is 0 Å². The summed E-state index contributed by atoms with van der Waals surface area (Å²) in [6.07, 6.45) is 5.16. The smallest absolute Gasteiger partial charge is 0.275 e. The maximum absolute atomic E-state index is 13.0. The Balaban J connectivity index is 1.75. The van der Waals surface area contributed by atoms with Gasteiger partial charge in [-0.25, -0.2) is 9.97 Å². The van der Waals surface area contributed by atoms with E-state index in [0.717, 1.165) is 18.4 Å². The van der Waals surface area contributed by atoms with Crippen LogP contribution in [0.2, 0.25) is 5.02 Å². The number of anilines is 2. The number of nitrogens with zero attached hydrogens (tertiary/aromatic N) is 4. The second-order valence-corrected chi connectivity index (χ2v) is 6.75. The summed E-state index contributed by atoms with van der Waals surface area (Å²) in [4.78, 5) is 21.7. The summed E-state index contributed by atoms with van der Waals surface area (Å²) in [5.41, 5.74) is 2.41. The normalized spacial score (nSPS) is 13.4. The van der Waals surface area contributed by atoms with Gasteiger partial charge < -0.3 is 10.6 Å². The molecule has 7 nitrogen and oxygen atoms in total. The molecule has 0 radical (unpaired) electrons. The van der Waals surface area contributed by atoms with Crippen molar-refractivity contribution < 1.29 is 4.79 Å².